The van der Waals surface area contributed by atoms with Crippen LogP contribution in [-0.4, -0.2) is 48.9 Å². The zero-order valence-corrected chi connectivity index (χ0v) is 16.6. The van der Waals surface area contributed by atoms with Crippen LogP contribution < -0.4 is 0 Å². The summed E-state index contributed by atoms with van der Waals surface area (Å²) in [5, 5.41) is 9.56. The number of pyridine rings is 1. The van der Waals surface area contributed by atoms with Crippen molar-refractivity contribution in [3.63, 3.8) is 0 Å². The number of carbonyl (C=O) groups is 1. The lowest BCUT2D eigenvalue weighted by atomic mass is 10.0. The minimum atomic E-state index is 0.201. The maximum atomic E-state index is 12.6. The van der Waals surface area contributed by atoms with Gasteiger partial charge in [0.25, 0.3) is 0 Å². The van der Waals surface area contributed by atoms with Crippen molar-refractivity contribution in [1.29, 1.82) is 0 Å². The first-order valence-electron chi connectivity index (χ1n) is 9.32. The molecule has 3 heterocycles. The van der Waals surface area contributed by atoms with E-state index < -0.39 is 0 Å². The standard InChI is InChI=1S/C19H27N5OS/c1-14(2)12-24-18(16-7-9-20-10-8-16)21-22-19(24)26-13-17(25)23-11-5-4-6-15(23)3/h7-10,14-15H,4-6,11-13H2,1-3H3/t15-/m1/s1. The van der Waals surface area contributed by atoms with E-state index in [-0.39, 0.29) is 5.91 Å². The maximum Gasteiger partial charge on any atom is 0.233 e. The molecule has 26 heavy (non-hydrogen) atoms. The summed E-state index contributed by atoms with van der Waals surface area (Å²) in [4.78, 5) is 18.7. The van der Waals surface area contributed by atoms with Gasteiger partial charge in [-0.3, -0.25) is 9.78 Å². The van der Waals surface area contributed by atoms with Crippen LogP contribution in [0.2, 0.25) is 0 Å². The second-order valence-corrected chi connectivity index (χ2v) is 8.21. The highest BCUT2D eigenvalue weighted by Crippen LogP contribution is 2.26. The van der Waals surface area contributed by atoms with E-state index >= 15 is 0 Å². The van der Waals surface area contributed by atoms with Gasteiger partial charge in [0.15, 0.2) is 11.0 Å². The van der Waals surface area contributed by atoms with Crippen molar-refractivity contribution in [2.75, 3.05) is 12.3 Å². The van der Waals surface area contributed by atoms with Crippen LogP contribution in [0.5, 0.6) is 0 Å². The quantitative estimate of drug-likeness (QED) is 0.725. The molecule has 140 valence electrons. The Labute approximate surface area is 159 Å². The third kappa shape index (κ3) is 4.44. The minimum Gasteiger partial charge on any atom is -0.339 e. The zero-order valence-electron chi connectivity index (χ0n) is 15.8. The number of likely N-dealkylation sites (tertiary alicyclic amines) is 1. The first-order chi connectivity index (χ1) is 12.6. The largest absolute Gasteiger partial charge is 0.339 e. The van der Waals surface area contributed by atoms with Gasteiger partial charge in [-0.25, -0.2) is 0 Å². The van der Waals surface area contributed by atoms with Crippen molar-refractivity contribution < 1.29 is 4.79 Å². The maximum absolute atomic E-state index is 12.6. The molecule has 1 aliphatic rings. The molecule has 6 nitrogen and oxygen atoms in total. The predicted molar refractivity (Wildman–Crippen MR) is 104 cm³/mol. The van der Waals surface area contributed by atoms with Crippen molar-refractivity contribution in [1.82, 2.24) is 24.6 Å². The predicted octanol–water partition coefficient (Wildman–Crippen LogP) is 3.49. The van der Waals surface area contributed by atoms with Gasteiger partial charge < -0.3 is 9.47 Å². The van der Waals surface area contributed by atoms with E-state index in [9.17, 15) is 4.79 Å². The van der Waals surface area contributed by atoms with Crippen molar-refractivity contribution in [3.05, 3.63) is 24.5 Å². The minimum absolute atomic E-state index is 0.201. The Morgan fingerprint density at radius 2 is 2.04 bits per heavy atom. The summed E-state index contributed by atoms with van der Waals surface area (Å²) in [6.45, 7) is 8.18. The van der Waals surface area contributed by atoms with Crippen LogP contribution in [0.25, 0.3) is 11.4 Å². The van der Waals surface area contributed by atoms with Gasteiger partial charge in [-0.05, 0) is 44.2 Å². The monoisotopic (exact) mass is 373 g/mol. The summed E-state index contributed by atoms with van der Waals surface area (Å²) in [5.41, 5.74) is 0.996. The molecule has 3 rings (SSSR count). The summed E-state index contributed by atoms with van der Waals surface area (Å²) in [5.74, 6) is 1.91. The number of aromatic nitrogens is 4. The zero-order chi connectivity index (χ0) is 18.5. The van der Waals surface area contributed by atoms with Gasteiger partial charge in [0.05, 0.1) is 5.75 Å². The lowest BCUT2D eigenvalue weighted by Crippen LogP contribution is -2.43. The van der Waals surface area contributed by atoms with Crippen molar-refractivity contribution in [2.45, 2.75) is 57.8 Å². The summed E-state index contributed by atoms with van der Waals surface area (Å²) in [7, 11) is 0. The summed E-state index contributed by atoms with van der Waals surface area (Å²) >= 11 is 1.49. The number of amides is 1. The molecule has 2 aromatic rings. The molecule has 1 amide bonds. The van der Waals surface area contributed by atoms with Crippen LogP contribution in [0, 0.1) is 5.92 Å². The summed E-state index contributed by atoms with van der Waals surface area (Å²) in [6.07, 6.45) is 6.95. The van der Waals surface area contributed by atoms with Crippen molar-refractivity contribution in [3.8, 4) is 11.4 Å². The number of piperidine rings is 1. The van der Waals surface area contributed by atoms with E-state index in [1.54, 1.807) is 12.4 Å². The van der Waals surface area contributed by atoms with Gasteiger partial charge in [0.2, 0.25) is 5.91 Å². The van der Waals surface area contributed by atoms with Crippen LogP contribution in [-0.2, 0) is 11.3 Å². The lowest BCUT2D eigenvalue weighted by molar-refractivity contribution is -0.131. The average molecular weight is 374 g/mol. The Kier molecular flexibility index (Phi) is 6.29. The first kappa shape index (κ1) is 18.9. The van der Waals surface area contributed by atoms with Crippen LogP contribution in [0.1, 0.15) is 40.0 Å². The van der Waals surface area contributed by atoms with Crippen molar-refractivity contribution in [2.24, 2.45) is 5.92 Å². The summed E-state index contributed by atoms with van der Waals surface area (Å²) < 4.78 is 2.12. The SMILES string of the molecule is CC(C)Cn1c(SCC(=O)N2CCCC[C@H]2C)nnc1-c1ccncc1. The van der Waals surface area contributed by atoms with E-state index in [2.05, 4.69) is 40.5 Å². The first-order valence-corrected chi connectivity index (χ1v) is 10.3. The Morgan fingerprint density at radius 3 is 2.73 bits per heavy atom. The Bertz CT molecular complexity index is 731. The topological polar surface area (TPSA) is 63.9 Å². The van der Waals surface area contributed by atoms with Gasteiger partial charge >= 0.3 is 0 Å². The van der Waals surface area contributed by atoms with E-state index in [1.807, 2.05) is 17.0 Å². The van der Waals surface area contributed by atoms with Gasteiger partial charge in [-0.2, -0.15) is 0 Å². The molecule has 0 radical (unpaired) electrons. The molecular weight excluding hydrogens is 346 g/mol. The van der Waals surface area contributed by atoms with E-state index in [1.165, 1.54) is 18.2 Å². The van der Waals surface area contributed by atoms with E-state index in [0.29, 0.717) is 17.7 Å². The fourth-order valence-electron chi connectivity index (χ4n) is 3.32. The molecule has 1 saturated heterocycles. The van der Waals surface area contributed by atoms with Crippen LogP contribution >= 0.6 is 11.8 Å². The third-order valence-electron chi connectivity index (χ3n) is 4.65. The fraction of sp³-hybridized carbons (Fsp3) is 0.579. The molecule has 0 spiro atoms. The Morgan fingerprint density at radius 1 is 1.27 bits per heavy atom. The molecule has 1 fully saturated rings. The molecular formula is C19H27N5OS. The fourth-order valence-corrected chi connectivity index (χ4v) is 4.15. The van der Waals surface area contributed by atoms with Crippen LogP contribution in [0.4, 0.5) is 0 Å². The third-order valence-corrected chi connectivity index (χ3v) is 5.60. The average Bonchev–Trinajstić information content (AvgIpc) is 3.02. The highest BCUT2D eigenvalue weighted by Gasteiger charge is 2.24. The van der Waals surface area contributed by atoms with Crippen LogP contribution in [0.15, 0.2) is 29.7 Å². The lowest BCUT2D eigenvalue weighted by Gasteiger charge is -2.33. The Balaban J connectivity index is 1.75. The van der Waals surface area contributed by atoms with Gasteiger partial charge in [-0.1, -0.05) is 25.6 Å². The van der Waals surface area contributed by atoms with Gasteiger partial charge in [-0.15, -0.1) is 10.2 Å². The van der Waals surface area contributed by atoms with E-state index in [4.69, 9.17) is 0 Å². The number of thioether (sulfide) groups is 1. The normalized spacial score (nSPS) is 17.7. The second-order valence-electron chi connectivity index (χ2n) is 7.27. The molecule has 0 aliphatic carbocycles. The number of carbonyl (C=O) groups excluding carboxylic acids is 1. The van der Waals surface area contributed by atoms with Gasteiger partial charge in [0, 0.05) is 37.1 Å². The number of nitrogens with zero attached hydrogens (tertiary/aromatic N) is 5. The van der Waals surface area contributed by atoms with Crippen molar-refractivity contribution >= 4 is 17.7 Å². The molecule has 1 atom stereocenters. The van der Waals surface area contributed by atoms with E-state index in [0.717, 1.165) is 42.5 Å². The number of rotatable bonds is 6. The highest BCUT2D eigenvalue weighted by molar-refractivity contribution is 7.99. The molecule has 0 bridgehead atoms. The van der Waals surface area contributed by atoms with Crippen LogP contribution in [0.3, 0.4) is 0 Å². The van der Waals surface area contributed by atoms with Gasteiger partial charge in [0.1, 0.15) is 0 Å². The molecule has 7 heteroatoms. The molecule has 0 unspecified atom stereocenters. The summed E-state index contributed by atoms with van der Waals surface area (Å²) in [6, 6.07) is 4.23. The second kappa shape index (κ2) is 8.66. The smallest absolute Gasteiger partial charge is 0.233 e. The Hall–Kier alpha value is -1.89. The highest BCUT2D eigenvalue weighted by atomic mass is 32.2. The molecule has 0 N–H and O–H groups in total. The molecule has 2 aromatic heterocycles. The number of hydrogen-bond donors (Lipinski definition) is 0. The molecule has 1 aliphatic heterocycles. The molecule has 0 aromatic carbocycles. The number of hydrogen-bond acceptors (Lipinski definition) is 5. The molecule has 0 saturated carbocycles.